The Morgan fingerprint density at radius 2 is 2.06 bits per heavy atom. The fourth-order valence-corrected chi connectivity index (χ4v) is 1.72. The largest absolute Gasteiger partial charge is 0.308 e. The van der Waals surface area contributed by atoms with Gasteiger partial charge in [-0.05, 0) is 36.9 Å². The Morgan fingerprint density at radius 1 is 1.19 bits per heavy atom. The van der Waals surface area contributed by atoms with E-state index in [4.69, 9.17) is 0 Å². The zero-order valence-corrected chi connectivity index (χ0v) is 9.02. The molecule has 1 aromatic heterocycles. The van der Waals surface area contributed by atoms with Gasteiger partial charge in [-0.15, -0.1) is 0 Å². The second-order valence-corrected chi connectivity index (χ2v) is 3.53. The molecule has 0 saturated heterocycles. The number of hydrogen-bond acceptors (Lipinski definition) is 2. The van der Waals surface area contributed by atoms with Gasteiger partial charge < -0.3 is 5.32 Å². The number of rotatable bonds is 3. The Bertz CT molecular complexity index is 456. The highest BCUT2D eigenvalue weighted by atomic mass is 19.1. The molecule has 3 heteroatoms. The molecule has 1 atom stereocenters. The molecular weight excluding hydrogens is 203 g/mol. The van der Waals surface area contributed by atoms with Crippen molar-refractivity contribution in [2.75, 3.05) is 7.05 Å². The third-order valence-corrected chi connectivity index (χ3v) is 2.45. The molecule has 2 aromatic rings. The number of benzene rings is 1. The summed E-state index contributed by atoms with van der Waals surface area (Å²) in [4.78, 5) is 4.27. The van der Waals surface area contributed by atoms with E-state index in [0.29, 0.717) is 0 Å². The number of halogens is 1. The van der Waals surface area contributed by atoms with E-state index >= 15 is 0 Å². The molecule has 0 saturated carbocycles. The normalized spacial score (nSPS) is 12.4. The lowest BCUT2D eigenvalue weighted by Gasteiger charge is -2.15. The van der Waals surface area contributed by atoms with Crippen molar-refractivity contribution in [1.82, 2.24) is 10.3 Å². The highest BCUT2D eigenvalue weighted by molar-refractivity contribution is 5.27. The first kappa shape index (κ1) is 10.8. The van der Waals surface area contributed by atoms with Gasteiger partial charge in [0.15, 0.2) is 0 Å². The molecule has 16 heavy (non-hydrogen) atoms. The summed E-state index contributed by atoms with van der Waals surface area (Å²) in [5, 5.41) is 3.13. The number of pyridine rings is 1. The third kappa shape index (κ3) is 2.25. The Morgan fingerprint density at radius 3 is 2.69 bits per heavy atom. The minimum atomic E-state index is -0.228. The number of hydrogen-bond donors (Lipinski definition) is 1. The number of nitrogens with zero attached hydrogens (tertiary/aromatic N) is 1. The Balaban J connectivity index is 2.37. The Kier molecular flexibility index (Phi) is 3.27. The van der Waals surface area contributed by atoms with Gasteiger partial charge in [0.2, 0.25) is 0 Å². The molecular formula is C13H13FN2. The van der Waals surface area contributed by atoms with Crippen molar-refractivity contribution >= 4 is 0 Å². The zero-order chi connectivity index (χ0) is 11.4. The van der Waals surface area contributed by atoms with Gasteiger partial charge in [0.25, 0.3) is 0 Å². The fourth-order valence-electron chi connectivity index (χ4n) is 1.72. The molecule has 82 valence electrons. The van der Waals surface area contributed by atoms with Crippen molar-refractivity contribution in [3.05, 3.63) is 65.7 Å². The van der Waals surface area contributed by atoms with Crippen molar-refractivity contribution in [2.45, 2.75) is 6.04 Å². The average Bonchev–Trinajstić information content (AvgIpc) is 2.31. The van der Waals surface area contributed by atoms with Crippen molar-refractivity contribution < 1.29 is 4.39 Å². The van der Waals surface area contributed by atoms with Gasteiger partial charge >= 0.3 is 0 Å². The summed E-state index contributed by atoms with van der Waals surface area (Å²) in [6.07, 6.45) is 1.74. The molecule has 1 heterocycles. The molecule has 0 aliphatic heterocycles. The van der Waals surface area contributed by atoms with Gasteiger partial charge in [-0.3, -0.25) is 4.98 Å². The second-order valence-electron chi connectivity index (χ2n) is 3.53. The molecule has 0 aliphatic carbocycles. The van der Waals surface area contributed by atoms with E-state index in [2.05, 4.69) is 10.3 Å². The summed E-state index contributed by atoms with van der Waals surface area (Å²) < 4.78 is 13.1. The standard InChI is InChI=1S/C13H13FN2/c1-15-13(12-7-2-3-8-16-12)10-5-4-6-11(14)9-10/h2-9,13,15H,1H3/t13-/m0/s1. The number of nitrogens with one attached hydrogen (secondary N) is 1. The van der Waals surface area contributed by atoms with Crippen LogP contribution in [-0.4, -0.2) is 12.0 Å². The van der Waals surface area contributed by atoms with Gasteiger partial charge in [-0.25, -0.2) is 4.39 Å². The molecule has 1 aromatic carbocycles. The zero-order valence-electron chi connectivity index (χ0n) is 9.02. The summed E-state index contributed by atoms with van der Waals surface area (Å²) in [7, 11) is 1.84. The summed E-state index contributed by atoms with van der Waals surface area (Å²) in [5.74, 6) is -0.228. The van der Waals surface area contributed by atoms with Crippen molar-refractivity contribution in [3.63, 3.8) is 0 Å². The lowest BCUT2D eigenvalue weighted by atomic mass is 10.0. The fraction of sp³-hybridized carbons (Fsp3) is 0.154. The molecule has 1 N–H and O–H groups in total. The Hall–Kier alpha value is -1.74. The van der Waals surface area contributed by atoms with Gasteiger partial charge in [-0.2, -0.15) is 0 Å². The first-order chi connectivity index (χ1) is 7.81. The highest BCUT2D eigenvalue weighted by Gasteiger charge is 2.12. The van der Waals surface area contributed by atoms with Gasteiger partial charge in [0.05, 0.1) is 11.7 Å². The van der Waals surface area contributed by atoms with Crippen LogP contribution in [0.4, 0.5) is 4.39 Å². The predicted molar refractivity (Wildman–Crippen MR) is 61.5 cm³/mol. The van der Waals surface area contributed by atoms with Crippen LogP contribution in [0, 0.1) is 5.82 Å². The van der Waals surface area contributed by atoms with E-state index in [9.17, 15) is 4.39 Å². The van der Waals surface area contributed by atoms with Gasteiger partial charge in [0, 0.05) is 6.20 Å². The second kappa shape index (κ2) is 4.86. The minimum Gasteiger partial charge on any atom is -0.308 e. The van der Waals surface area contributed by atoms with Crippen LogP contribution in [-0.2, 0) is 0 Å². The summed E-state index contributed by atoms with van der Waals surface area (Å²) in [6, 6.07) is 12.2. The SMILES string of the molecule is CN[C@@H](c1cccc(F)c1)c1ccccn1. The quantitative estimate of drug-likeness (QED) is 0.852. The van der Waals surface area contributed by atoms with Gasteiger partial charge in [-0.1, -0.05) is 18.2 Å². The molecule has 2 rings (SSSR count). The topological polar surface area (TPSA) is 24.9 Å². The molecule has 0 aliphatic rings. The van der Waals surface area contributed by atoms with Crippen LogP contribution >= 0.6 is 0 Å². The van der Waals surface area contributed by atoms with Crippen molar-refractivity contribution in [1.29, 1.82) is 0 Å². The predicted octanol–water partition coefficient (Wildman–Crippen LogP) is 2.53. The van der Waals surface area contributed by atoms with Crippen LogP contribution in [0.25, 0.3) is 0 Å². The monoisotopic (exact) mass is 216 g/mol. The van der Waals surface area contributed by atoms with Crippen LogP contribution in [0.15, 0.2) is 48.7 Å². The van der Waals surface area contributed by atoms with E-state index in [1.165, 1.54) is 12.1 Å². The van der Waals surface area contributed by atoms with Crippen molar-refractivity contribution in [3.8, 4) is 0 Å². The summed E-state index contributed by atoms with van der Waals surface area (Å²) in [5.41, 5.74) is 1.76. The van der Waals surface area contributed by atoms with Crippen LogP contribution in [0.5, 0.6) is 0 Å². The molecule has 0 unspecified atom stereocenters. The molecule has 0 spiro atoms. The lowest BCUT2D eigenvalue weighted by molar-refractivity contribution is 0.614. The summed E-state index contributed by atoms with van der Waals surface area (Å²) >= 11 is 0. The van der Waals surface area contributed by atoms with Gasteiger partial charge in [0.1, 0.15) is 5.82 Å². The average molecular weight is 216 g/mol. The summed E-state index contributed by atoms with van der Waals surface area (Å²) in [6.45, 7) is 0. The molecule has 2 nitrogen and oxygen atoms in total. The molecule has 0 amide bonds. The third-order valence-electron chi connectivity index (χ3n) is 2.45. The van der Waals surface area contributed by atoms with Crippen molar-refractivity contribution in [2.24, 2.45) is 0 Å². The van der Waals surface area contributed by atoms with Crippen LogP contribution in [0.1, 0.15) is 17.3 Å². The van der Waals surface area contributed by atoms with Crippen LogP contribution < -0.4 is 5.32 Å². The molecule has 0 radical (unpaired) electrons. The van der Waals surface area contributed by atoms with E-state index in [1.54, 1.807) is 12.3 Å². The minimum absolute atomic E-state index is 0.0723. The Labute approximate surface area is 94.2 Å². The maximum Gasteiger partial charge on any atom is 0.123 e. The lowest BCUT2D eigenvalue weighted by Crippen LogP contribution is -2.18. The van der Waals surface area contributed by atoms with E-state index < -0.39 is 0 Å². The maximum absolute atomic E-state index is 13.1. The highest BCUT2D eigenvalue weighted by Crippen LogP contribution is 2.19. The molecule has 0 fully saturated rings. The smallest absolute Gasteiger partial charge is 0.123 e. The van der Waals surface area contributed by atoms with E-state index in [1.807, 2.05) is 31.3 Å². The van der Waals surface area contributed by atoms with E-state index in [0.717, 1.165) is 11.3 Å². The van der Waals surface area contributed by atoms with E-state index in [-0.39, 0.29) is 11.9 Å². The maximum atomic E-state index is 13.1. The first-order valence-electron chi connectivity index (χ1n) is 5.15. The number of aromatic nitrogens is 1. The first-order valence-corrected chi connectivity index (χ1v) is 5.15. The molecule has 0 bridgehead atoms. The van der Waals surface area contributed by atoms with Crippen LogP contribution in [0.2, 0.25) is 0 Å². The van der Waals surface area contributed by atoms with Crippen LogP contribution in [0.3, 0.4) is 0 Å².